The van der Waals surface area contributed by atoms with E-state index in [-0.39, 0.29) is 10.8 Å². The molecule has 0 saturated carbocycles. The van der Waals surface area contributed by atoms with Gasteiger partial charge >= 0.3 is 6.18 Å². The highest BCUT2D eigenvalue weighted by atomic mass is 32.1. The Labute approximate surface area is 119 Å². The molecule has 1 aromatic carbocycles. The number of rotatable bonds is 3. The highest BCUT2D eigenvalue weighted by Gasteiger charge is 2.30. The van der Waals surface area contributed by atoms with Gasteiger partial charge in [-0.05, 0) is 12.1 Å². The normalized spacial score (nSPS) is 11.6. The van der Waals surface area contributed by atoms with Crippen molar-refractivity contribution in [1.82, 2.24) is 4.98 Å². The first-order chi connectivity index (χ1) is 9.28. The molecule has 7 heteroatoms. The van der Waals surface area contributed by atoms with Gasteiger partial charge in [-0.2, -0.15) is 13.2 Å². The number of hydrogen-bond donors (Lipinski definition) is 1. The van der Waals surface area contributed by atoms with E-state index in [2.05, 4.69) is 4.98 Å². The van der Waals surface area contributed by atoms with Crippen molar-refractivity contribution in [3.8, 4) is 0 Å². The van der Waals surface area contributed by atoms with Gasteiger partial charge in [-0.15, -0.1) is 0 Å². The Morgan fingerprint density at radius 1 is 1.35 bits per heavy atom. The summed E-state index contributed by atoms with van der Waals surface area (Å²) in [7, 11) is 1.31. The Kier molecular flexibility index (Phi) is 3.80. The molecule has 0 spiro atoms. The molecular weight excluding hydrogens is 287 g/mol. The van der Waals surface area contributed by atoms with Crippen LogP contribution in [0.2, 0.25) is 0 Å². The van der Waals surface area contributed by atoms with E-state index in [1.165, 1.54) is 7.05 Å². The number of pyridine rings is 1. The van der Waals surface area contributed by atoms with Crippen LogP contribution in [0.25, 0.3) is 10.9 Å². The summed E-state index contributed by atoms with van der Waals surface area (Å²) in [6.45, 7) is -1.12. The molecule has 0 aliphatic rings. The van der Waals surface area contributed by atoms with Crippen molar-refractivity contribution in [2.24, 2.45) is 5.73 Å². The van der Waals surface area contributed by atoms with Crippen LogP contribution in [0.15, 0.2) is 30.3 Å². The number of halogens is 3. The highest BCUT2D eigenvalue weighted by molar-refractivity contribution is 7.80. The SMILES string of the molecule is CN(CC(F)(F)F)c1nc2ccccc2cc1C(N)=S. The maximum atomic E-state index is 12.5. The van der Waals surface area contributed by atoms with Crippen molar-refractivity contribution >= 4 is 33.9 Å². The van der Waals surface area contributed by atoms with Gasteiger partial charge in [0.05, 0.1) is 11.1 Å². The molecule has 0 atom stereocenters. The Morgan fingerprint density at radius 3 is 2.60 bits per heavy atom. The van der Waals surface area contributed by atoms with E-state index in [4.69, 9.17) is 18.0 Å². The largest absolute Gasteiger partial charge is 0.405 e. The summed E-state index contributed by atoms with van der Waals surface area (Å²) >= 11 is 4.90. The molecule has 106 valence electrons. The maximum absolute atomic E-state index is 12.5. The Hall–Kier alpha value is -1.89. The highest BCUT2D eigenvalue weighted by Crippen LogP contribution is 2.25. The van der Waals surface area contributed by atoms with Crippen LogP contribution in [0.3, 0.4) is 0 Å². The molecule has 1 aromatic heterocycles. The summed E-state index contributed by atoms with van der Waals surface area (Å²) in [6.07, 6.45) is -4.32. The number of benzene rings is 1. The van der Waals surface area contributed by atoms with E-state index < -0.39 is 12.7 Å². The van der Waals surface area contributed by atoms with E-state index in [9.17, 15) is 13.2 Å². The molecule has 0 unspecified atom stereocenters. The van der Waals surface area contributed by atoms with Crippen molar-refractivity contribution in [3.05, 3.63) is 35.9 Å². The van der Waals surface area contributed by atoms with Gasteiger partial charge in [-0.25, -0.2) is 4.98 Å². The monoisotopic (exact) mass is 299 g/mol. The summed E-state index contributed by atoms with van der Waals surface area (Å²) < 4.78 is 37.5. The number of nitrogens with two attached hydrogens (primary N) is 1. The first kappa shape index (κ1) is 14.5. The molecule has 20 heavy (non-hydrogen) atoms. The Morgan fingerprint density at radius 2 is 2.00 bits per heavy atom. The average Bonchev–Trinajstić information content (AvgIpc) is 2.35. The fourth-order valence-corrected chi connectivity index (χ4v) is 2.07. The lowest BCUT2D eigenvalue weighted by molar-refractivity contribution is -0.119. The molecule has 1 heterocycles. The summed E-state index contributed by atoms with van der Waals surface area (Å²) in [4.78, 5) is 5.26. The summed E-state index contributed by atoms with van der Waals surface area (Å²) in [6, 6.07) is 8.77. The van der Waals surface area contributed by atoms with Gasteiger partial charge < -0.3 is 10.6 Å². The van der Waals surface area contributed by atoms with E-state index >= 15 is 0 Å². The average molecular weight is 299 g/mol. The van der Waals surface area contributed by atoms with Crippen molar-refractivity contribution in [2.75, 3.05) is 18.5 Å². The minimum absolute atomic E-state index is 0.0206. The number of hydrogen-bond acceptors (Lipinski definition) is 3. The van der Waals surface area contributed by atoms with Gasteiger partial charge in [0, 0.05) is 12.4 Å². The predicted octanol–water partition coefficient (Wildman–Crippen LogP) is 2.87. The molecule has 0 aliphatic carbocycles. The second-order valence-corrected chi connectivity index (χ2v) is 4.83. The lowest BCUT2D eigenvalue weighted by atomic mass is 10.1. The molecule has 3 nitrogen and oxygen atoms in total. The zero-order valence-electron chi connectivity index (χ0n) is 10.6. The van der Waals surface area contributed by atoms with Crippen LogP contribution in [0.1, 0.15) is 5.56 Å². The number of fused-ring (bicyclic) bond motifs is 1. The molecule has 0 amide bonds. The van der Waals surface area contributed by atoms with E-state index in [1.54, 1.807) is 24.3 Å². The molecule has 2 rings (SSSR count). The van der Waals surface area contributed by atoms with Crippen LogP contribution < -0.4 is 10.6 Å². The van der Waals surface area contributed by atoms with Crippen LogP contribution >= 0.6 is 12.2 Å². The van der Waals surface area contributed by atoms with E-state index in [0.717, 1.165) is 10.3 Å². The topological polar surface area (TPSA) is 42.2 Å². The van der Waals surface area contributed by atoms with Crippen LogP contribution in [0.4, 0.5) is 19.0 Å². The second-order valence-electron chi connectivity index (χ2n) is 4.39. The second kappa shape index (κ2) is 5.24. The molecular formula is C13H12F3N3S. The van der Waals surface area contributed by atoms with Crippen molar-refractivity contribution in [2.45, 2.75) is 6.18 Å². The van der Waals surface area contributed by atoms with Gasteiger partial charge in [0.15, 0.2) is 0 Å². The third kappa shape index (κ3) is 3.16. The number of nitrogens with zero attached hydrogens (tertiary/aromatic N) is 2. The van der Waals surface area contributed by atoms with Crippen molar-refractivity contribution < 1.29 is 13.2 Å². The van der Waals surface area contributed by atoms with E-state index in [0.29, 0.717) is 11.1 Å². The van der Waals surface area contributed by atoms with Gasteiger partial charge in [-0.3, -0.25) is 0 Å². The van der Waals surface area contributed by atoms with Gasteiger partial charge in [0.25, 0.3) is 0 Å². The number of alkyl halides is 3. The lowest BCUT2D eigenvalue weighted by Gasteiger charge is -2.22. The van der Waals surface area contributed by atoms with Crippen LogP contribution in [-0.2, 0) is 0 Å². The Bertz CT molecular complexity index is 655. The quantitative estimate of drug-likeness (QED) is 0.885. The summed E-state index contributed by atoms with van der Waals surface area (Å²) in [5, 5.41) is 0.777. The van der Waals surface area contributed by atoms with Crippen molar-refractivity contribution in [1.29, 1.82) is 0 Å². The van der Waals surface area contributed by atoms with Gasteiger partial charge in [0.2, 0.25) is 0 Å². The van der Waals surface area contributed by atoms with Crippen LogP contribution in [-0.4, -0.2) is 29.7 Å². The molecule has 2 aromatic rings. The minimum atomic E-state index is -4.32. The van der Waals surface area contributed by atoms with Gasteiger partial charge in [0.1, 0.15) is 17.4 Å². The zero-order valence-corrected chi connectivity index (χ0v) is 11.4. The molecule has 2 N–H and O–H groups in total. The third-order valence-corrected chi connectivity index (χ3v) is 2.97. The smallest absolute Gasteiger partial charge is 0.389 e. The standard InChI is InChI=1S/C13H12F3N3S/c1-19(7-13(14,15)16)12-9(11(17)20)6-8-4-2-3-5-10(8)18-12/h2-6H,7H2,1H3,(H2,17,20). The Balaban J connectivity index is 2.55. The maximum Gasteiger partial charge on any atom is 0.405 e. The molecule has 0 saturated heterocycles. The summed E-state index contributed by atoms with van der Waals surface area (Å²) in [5.41, 5.74) is 6.52. The van der Waals surface area contributed by atoms with E-state index in [1.807, 2.05) is 6.07 Å². The fraction of sp³-hybridized carbons (Fsp3) is 0.231. The number of anilines is 1. The molecule has 0 aliphatic heterocycles. The summed E-state index contributed by atoms with van der Waals surface area (Å²) in [5.74, 6) is 0.133. The van der Waals surface area contributed by atoms with Crippen molar-refractivity contribution in [3.63, 3.8) is 0 Å². The first-order valence-corrected chi connectivity index (χ1v) is 6.16. The fourth-order valence-electron chi connectivity index (χ4n) is 1.92. The molecule has 0 bridgehead atoms. The number of aromatic nitrogens is 1. The van der Waals surface area contributed by atoms with Crippen LogP contribution in [0.5, 0.6) is 0 Å². The van der Waals surface area contributed by atoms with Gasteiger partial charge in [-0.1, -0.05) is 30.4 Å². The molecule has 0 radical (unpaired) electrons. The third-order valence-electron chi connectivity index (χ3n) is 2.75. The van der Waals surface area contributed by atoms with Crippen LogP contribution in [0, 0.1) is 0 Å². The minimum Gasteiger partial charge on any atom is -0.389 e. The zero-order chi connectivity index (χ0) is 14.9. The molecule has 0 fully saturated rings. The number of para-hydroxylation sites is 1. The lowest BCUT2D eigenvalue weighted by Crippen LogP contribution is -2.33. The number of thiocarbonyl (C=S) groups is 1. The first-order valence-electron chi connectivity index (χ1n) is 5.75. The predicted molar refractivity (Wildman–Crippen MR) is 77.0 cm³/mol.